The van der Waals surface area contributed by atoms with Crippen LogP contribution in [0.2, 0.25) is 5.02 Å². The Balaban J connectivity index is 2.18. The van der Waals surface area contributed by atoms with Gasteiger partial charge in [-0.25, -0.2) is 4.79 Å². The molecule has 0 fully saturated rings. The van der Waals surface area contributed by atoms with Gasteiger partial charge in [-0.2, -0.15) is 0 Å². The van der Waals surface area contributed by atoms with Crippen molar-refractivity contribution in [1.29, 1.82) is 0 Å². The Morgan fingerprint density at radius 2 is 2.15 bits per heavy atom. The standard InChI is InChI=1S/C14H14ClNO4/c1-8(12-5-6-13(20-12)14(17)18)16-11-7-9(19-2)3-4-10(11)15/h3-8,16H,1-2H3,(H,17,18). The topological polar surface area (TPSA) is 71.7 Å². The highest BCUT2D eigenvalue weighted by molar-refractivity contribution is 6.33. The van der Waals surface area contributed by atoms with Crippen LogP contribution in [0.15, 0.2) is 34.7 Å². The van der Waals surface area contributed by atoms with Crippen molar-refractivity contribution in [2.75, 3.05) is 12.4 Å². The number of nitrogens with one attached hydrogen (secondary N) is 1. The normalized spacial score (nSPS) is 11.9. The maximum Gasteiger partial charge on any atom is 0.371 e. The van der Waals surface area contributed by atoms with Gasteiger partial charge < -0.3 is 19.6 Å². The molecule has 1 heterocycles. The summed E-state index contributed by atoms with van der Waals surface area (Å²) in [6.07, 6.45) is 0. The molecule has 0 saturated heterocycles. The van der Waals surface area contributed by atoms with Crippen molar-refractivity contribution >= 4 is 23.3 Å². The lowest BCUT2D eigenvalue weighted by Crippen LogP contribution is -2.06. The lowest BCUT2D eigenvalue weighted by molar-refractivity contribution is 0.0660. The van der Waals surface area contributed by atoms with Crippen LogP contribution in [0.3, 0.4) is 0 Å². The van der Waals surface area contributed by atoms with Gasteiger partial charge in [-0.05, 0) is 31.2 Å². The van der Waals surface area contributed by atoms with E-state index in [2.05, 4.69) is 5.32 Å². The number of carboxylic acid groups (broad SMARTS) is 1. The zero-order valence-electron chi connectivity index (χ0n) is 11.0. The summed E-state index contributed by atoms with van der Waals surface area (Å²) in [5.41, 5.74) is 0.687. The fourth-order valence-electron chi connectivity index (χ4n) is 1.75. The van der Waals surface area contributed by atoms with Crippen LogP contribution in [-0.2, 0) is 0 Å². The van der Waals surface area contributed by atoms with Gasteiger partial charge in [0.25, 0.3) is 0 Å². The summed E-state index contributed by atoms with van der Waals surface area (Å²) in [7, 11) is 1.57. The Kier molecular flexibility index (Phi) is 4.20. The van der Waals surface area contributed by atoms with Crippen LogP contribution < -0.4 is 10.1 Å². The third-order valence-electron chi connectivity index (χ3n) is 2.81. The molecule has 0 aliphatic heterocycles. The van der Waals surface area contributed by atoms with E-state index in [1.165, 1.54) is 6.07 Å². The number of carbonyl (C=O) groups is 1. The van der Waals surface area contributed by atoms with E-state index < -0.39 is 5.97 Å². The zero-order valence-corrected chi connectivity index (χ0v) is 11.8. The molecule has 1 atom stereocenters. The molecule has 106 valence electrons. The third kappa shape index (κ3) is 3.05. The highest BCUT2D eigenvalue weighted by Gasteiger charge is 2.15. The number of benzene rings is 1. The number of halogens is 1. The molecule has 5 nitrogen and oxygen atoms in total. The Bertz CT molecular complexity index is 623. The van der Waals surface area contributed by atoms with E-state index in [0.717, 1.165) is 0 Å². The molecule has 20 heavy (non-hydrogen) atoms. The van der Waals surface area contributed by atoms with Crippen molar-refractivity contribution in [2.24, 2.45) is 0 Å². The second-order valence-electron chi connectivity index (χ2n) is 4.22. The van der Waals surface area contributed by atoms with Crippen LogP contribution in [-0.4, -0.2) is 18.2 Å². The first-order chi connectivity index (χ1) is 9.51. The van der Waals surface area contributed by atoms with Crippen LogP contribution in [0.5, 0.6) is 5.75 Å². The number of hydrogen-bond acceptors (Lipinski definition) is 4. The molecule has 2 N–H and O–H groups in total. The predicted molar refractivity (Wildman–Crippen MR) is 75.7 cm³/mol. The van der Waals surface area contributed by atoms with Crippen molar-refractivity contribution in [2.45, 2.75) is 13.0 Å². The van der Waals surface area contributed by atoms with Gasteiger partial charge in [-0.1, -0.05) is 11.6 Å². The first-order valence-corrected chi connectivity index (χ1v) is 6.32. The SMILES string of the molecule is COc1ccc(Cl)c(NC(C)c2ccc(C(=O)O)o2)c1. The van der Waals surface area contributed by atoms with E-state index in [1.807, 2.05) is 6.92 Å². The molecule has 6 heteroatoms. The van der Waals surface area contributed by atoms with E-state index in [9.17, 15) is 4.79 Å². The second kappa shape index (κ2) is 5.88. The van der Waals surface area contributed by atoms with E-state index in [-0.39, 0.29) is 11.8 Å². The molecule has 0 radical (unpaired) electrons. The number of anilines is 1. The maximum absolute atomic E-state index is 10.8. The van der Waals surface area contributed by atoms with E-state index in [0.29, 0.717) is 22.2 Å². The number of hydrogen-bond donors (Lipinski definition) is 2. The monoisotopic (exact) mass is 295 g/mol. The molecule has 0 saturated carbocycles. The van der Waals surface area contributed by atoms with E-state index >= 15 is 0 Å². The van der Waals surface area contributed by atoms with Gasteiger partial charge in [0, 0.05) is 6.07 Å². The van der Waals surface area contributed by atoms with Gasteiger partial charge in [0.2, 0.25) is 5.76 Å². The lowest BCUT2D eigenvalue weighted by atomic mass is 10.2. The van der Waals surface area contributed by atoms with Gasteiger partial charge in [0.1, 0.15) is 11.5 Å². The van der Waals surface area contributed by atoms with Gasteiger partial charge in [0.05, 0.1) is 23.9 Å². The van der Waals surface area contributed by atoms with Gasteiger partial charge in [0.15, 0.2) is 0 Å². The summed E-state index contributed by atoms with van der Waals surface area (Å²) in [6.45, 7) is 1.85. The first-order valence-electron chi connectivity index (χ1n) is 5.94. The molecule has 0 aliphatic carbocycles. The van der Waals surface area contributed by atoms with Gasteiger partial charge in [-0.3, -0.25) is 0 Å². The number of methoxy groups -OCH3 is 1. The Hall–Kier alpha value is -2.14. The fourth-order valence-corrected chi connectivity index (χ4v) is 1.92. The number of aromatic carboxylic acids is 1. The highest BCUT2D eigenvalue weighted by atomic mass is 35.5. The number of carboxylic acids is 1. The number of furan rings is 1. The molecule has 0 aliphatic rings. The molecule has 1 unspecified atom stereocenters. The summed E-state index contributed by atoms with van der Waals surface area (Å²) in [5.74, 6) is 0.00399. The summed E-state index contributed by atoms with van der Waals surface area (Å²) in [4.78, 5) is 10.8. The van der Waals surface area contributed by atoms with Crippen LogP contribution in [0.25, 0.3) is 0 Å². The number of ether oxygens (including phenoxy) is 1. The Morgan fingerprint density at radius 3 is 2.75 bits per heavy atom. The van der Waals surface area contributed by atoms with Crippen molar-refractivity contribution in [3.8, 4) is 5.75 Å². The summed E-state index contributed by atoms with van der Waals surface area (Å²) < 4.78 is 10.4. The van der Waals surface area contributed by atoms with Crippen molar-refractivity contribution in [1.82, 2.24) is 0 Å². The molecule has 2 rings (SSSR count). The maximum atomic E-state index is 10.8. The zero-order chi connectivity index (χ0) is 14.7. The van der Waals surface area contributed by atoms with Crippen LogP contribution in [0, 0.1) is 0 Å². The fraction of sp³-hybridized carbons (Fsp3) is 0.214. The summed E-state index contributed by atoms with van der Waals surface area (Å²) in [5, 5.41) is 12.5. The van der Waals surface area contributed by atoms with Gasteiger partial charge in [-0.15, -0.1) is 0 Å². The minimum atomic E-state index is -1.09. The van der Waals surface area contributed by atoms with Gasteiger partial charge >= 0.3 is 5.97 Å². The molecule has 0 spiro atoms. The molecule has 2 aromatic rings. The largest absolute Gasteiger partial charge is 0.497 e. The summed E-state index contributed by atoms with van der Waals surface area (Å²) in [6, 6.07) is 8.05. The average Bonchev–Trinajstić information content (AvgIpc) is 2.91. The Labute approximate surface area is 121 Å². The summed E-state index contributed by atoms with van der Waals surface area (Å²) >= 11 is 6.10. The van der Waals surface area contributed by atoms with Crippen LogP contribution in [0.1, 0.15) is 29.3 Å². The smallest absolute Gasteiger partial charge is 0.371 e. The molecule has 0 bridgehead atoms. The minimum Gasteiger partial charge on any atom is -0.497 e. The minimum absolute atomic E-state index is 0.0922. The van der Waals surface area contributed by atoms with Crippen LogP contribution in [0.4, 0.5) is 5.69 Å². The van der Waals surface area contributed by atoms with Crippen LogP contribution >= 0.6 is 11.6 Å². The molecule has 1 aromatic carbocycles. The average molecular weight is 296 g/mol. The quantitative estimate of drug-likeness (QED) is 0.877. The van der Waals surface area contributed by atoms with Crippen molar-refractivity contribution in [3.05, 3.63) is 46.9 Å². The third-order valence-corrected chi connectivity index (χ3v) is 3.14. The second-order valence-corrected chi connectivity index (χ2v) is 4.63. The molecular formula is C14H14ClNO4. The highest BCUT2D eigenvalue weighted by Crippen LogP contribution is 2.30. The van der Waals surface area contributed by atoms with Crippen molar-refractivity contribution < 1.29 is 19.1 Å². The molecule has 0 amide bonds. The van der Waals surface area contributed by atoms with E-state index in [4.69, 9.17) is 25.9 Å². The Morgan fingerprint density at radius 1 is 1.40 bits per heavy atom. The van der Waals surface area contributed by atoms with Crippen molar-refractivity contribution in [3.63, 3.8) is 0 Å². The number of rotatable bonds is 5. The molecule has 1 aromatic heterocycles. The predicted octanol–water partition coefficient (Wildman–Crippen LogP) is 3.81. The molecular weight excluding hydrogens is 282 g/mol. The first kappa shape index (κ1) is 14.3. The lowest BCUT2D eigenvalue weighted by Gasteiger charge is -2.15. The van der Waals surface area contributed by atoms with E-state index in [1.54, 1.807) is 31.4 Å².